The Morgan fingerprint density at radius 2 is 2.11 bits per heavy atom. The van der Waals surface area contributed by atoms with Crippen LogP contribution in [0, 0.1) is 0 Å². The number of benzene rings is 1. The van der Waals surface area contributed by atoms with Gasteiger partial charge in [-0.1, -0.05) is 25.1 Å². The van der Waals surface area contributed by atoms with E-state index >= 15 is 0 Å². The second kappa shape index (κ2) is 7.48. The van der Waals surface area contributed by atoms with Gasteiger partial charge in [-0.2, -0.15) is 11.8 Å². The summed E-state index contributed by atoms with van der Waals surface area (Å²) in [6.07, 6.45) is 1.86. The molecule has 1 aromatic carbocycles. The van der Waals surface area contributed by atoms with Gasteiger partial charge in [0.05, 0.1) is 16.3 Å². The predicted octanol–water partition coefficient (Wildman–Crippen LogP) is 2.81. The molecule has 5 heteroatoms. The lowest BCUT2D eigenvalue weighted by molar-refractivity contribution is 0.597. The van der Waals surface area contributed by atoms with E-state index in [0.717, 1.165) is 18.1 Å². The number of hydrogen-bond donors (Lipinski definition) is 1. The Hall–Kier alpha value is -0.940. The van der Waals surface area contributed by atoms with Crippen molar-refractivity contribution in [3.63, 3.8) is 0 Å². The van der Waals surface area contributed by atoms with Gasteiger partial charge in [0.15, 0.2) is 9.84 Å². The minimum Gasteiger partial charge on any atom is -0.383 e. The Kier molecular flexibility index (Phi) is 6.29. The number of nitrogens with one attached hydrogen (secondary N) is 1. The monoisotopic (exact) mass is 285 g/mol. The lowest BCUT2D eigenvalue weighted by atomic mass is 10.3. The van der Waals surface area contributed by atoms with Crippen LogP contribution in [0.25, 0.3) is 0 Å². The molecular formula is C13H19NO2S2. The smallest absolute Gasteiger partial charge is 0.180 e. The predicted molar refractivity (Wildman–Crippen MR) is 80.2 cm³/mol. The van der Waals surface area contributed by atoms with Gasteiger partial charge >= 0.3 is 0 Å². The molecule has 0 bridgehead atoms. The Morgan fingerprint density at radius 1 is 1.39 bits per heavy atom. The van der Waals surface area contributed by atoms with Gasteiger partial charge in [-0.05, 0) is 12.1 Å². The second-order valence-corrected chi connectivity index (χ2v) is 7.09. The van der Waals surface area contributed by atoms with E-state index in [-0.39, 0.29) is 5.75 Å². The van der Waals surface area contributed by atoms with Gasteiger partial charge < -0.3 is 5.32 Å². The number of anilines is 1. The van der Waals surface area contributed by atoms with Crippen LogP contribution in [-0.4, -0.2) is 32.2 Å². The van der Waals surface area contributed by atoms with E-state index in [1.807, 2.05) is 12.1 Å². The molecule has 0 fully saturated rings. The fourth-order valence-electron chi connectivity index (χ4n) is 1.46. The van der Waals surface area contributed by atoms with E-state index < -0.39 is 9.84 Å². The van der Waals surface area contributed by atoms with E-state index in [1.54, 1.807) is 36.9 Å². The van der Waals surface area contributed by atoms with Crippen LogP contribution in [0.1, 0.15) is 6.92 Å². The van der Waals surface area contributed by atoms with Gasteiger partial charge in [-0.15, -0.1) is 6.58 Å². The van der Waals surface area contributed by atoms with Crippen LogP contribution >= 0.6 is 11.8 Å². The minimum atomic E-state index is -3.16. The molecule has 18 heavy (non-hydrogen) atoms. The molecule has 0 saturated heterocycles. The Bertz CT molecular complexity index is 484. The van der Waals surface area contributed by atoms with E-state index in [2.05, 4.69) is 11.9 Å². The van der Waals surface area contributed by atoms with Crippen LogP contribution in [0.3, 0.4) is 0 Å². The van der Waals surface area contributed by atoms with Crippen LogP contribution in [0.5, 0.6) is 0 Å². The van der Waals surface area contributed by atoms with Gasteiger partial charge in [0.1, 0.15) is 0 Å². The van der Waals surface area contributed by atoms with E-state index in [1.165, 1.54) is 0 Å². The molecule has 0 aliphatic carbocycles. The van der Waals surface area contributed by atoms with Gasteiger partial charge in [0, 0.05) is 18.1 Å². The average molecular weight is 285 g/mol. The first kappa shape index (κ1) is 15.1. The first-order chi connectivity index (χ1) is 8.61. The van der Waals surface area contributed by atoms with Gasteiger partial charge in [0.25, 0.3) is 0 Å². The Balaban J connectivity index is 2.69. The molecule has 1 aromatic rings. The van der Waals surface area contributed by atoms with Crippen molar-refractivity contribution in [1.29, 1.82) is 0 Å². The number of sulfone groups is 1. The zero-order valence-corrected chi connectivity index (χ0v) is 12.2. The largest absolute Gasteiger partial charge is 0.383 e. The van der Waals surface area contributed by atoms with Crippen molar-refractivity contribution in [2.75, 3.05) is 29.1 Å². The molecule has 0 amide bonds. The van der Waals surface area contributed by atoms with Crippen molar-refractivity contribution in [2.45, 2.75) is 11.8 Å². The molecule has 0 saturated carbocycles. The molecule has 0 aliphatic rings. The third-order valence-corrected chi connectivity index (χ3v) is 5.15. The van der Waals surface area contributed by atoms with Crippen molar-refractivity contribution in [3.05, 3.63) is 36.9 Å². The van der Waals surface area contributed by atoms with Crippen molar-refractivity contribution < 1.29 is 8.42 Å². The zero-order valence-electron chi connectivity index (χ0n) is 10.6. The second-order valence-electron chi connectivity index (χ2n) is 3.69. The van der Waals surface area contributed by atoms with Gasteiger partial charge in [-0.3, -0.25) is 0 Å². The van der Waals surface area contributed by atoms with Crippen LogP contribution in [0.4, 0.5) is 5.69 Å². The van der Waals surface area contributed by atoms with E-state index in [4.69, 9.17) is 0 Å². The third-order valence-electron chi connectivity index (χ3n) is 2.40. The highest BCUT2D eigenvalue weighted by Crippen LogP contribution is 2.21. The summed E-state index contributed by atoms with van der Waals surface area (Å²) in [5.74, 6) is 1.96. The highest BCUT2D eigenvalue weighted by atomic mass is 32.2. The van der Waals surface area contributed by atoms with Crippen molar-refractivity contribution in [1.82, 2.24) is 0 Å². The molecule has 3 nitrogen and oxygen atoms in total. The first-order valence-electron chi connectivity index (χ1n) is 5.86. The first-order valence-corrected chi connectivity index (χ1v) is 8.66. The van der Waals surface area contributed by atoms with Crippen LogP contribution in [-0.2, 0) is 9.84 Å². The fourth-order valence-corrected chi connectivity index (χ4v) is 3.12. The lowest BCUT2D eigenvalue weighted by Crippen LogP contribution is -2.11. The number of thioether (sulfide) groups is 1. The maximum Gasteiger partial charge on any atom is 0.180 e. The molecule has 0 atom stereocenters. The Labute approximate surface area is 114 Å². The minimum absolute atomic E-state index is 0.122. The molecule has 0 aliphatic heterocycles. The van der Waals surface area contributed by atoms with E-state index in [0.29, 0.717) is 10.6 Å². The highest BCUT2D eigenvalue weighted by Gasteiger charge is 2.15. The quantitative estimate of drug-likeness (QED) is 0.589. The molecule has 0 aromatic heterocycles. The SMILES string of the molecule is C=CCSCCNc1ccccc1S(=O)(=O)CC. The van der Waals surface area contributed by atoms with Crippen LogP contribution in [0.15, 0.2) is 41.8 Å². The summed E-state index contributed by atoms with van der Waals surface area (Å²) in [5.41, 5.74) is 0.693. The molecule has 0 radical (unpaired) electrons. The summed E-state index contributed by atoms with van der Waals surface area (Å²) in [6.45, 7) is 6.06. The molecular weight excluding hydrogens is 266 g/mol. The summed E-state index contributed by atoms with van der Waals surface area (Å²) in [5, 5.41) is 3.18. The topological polar surface area (TPSA) is 46.2 Å². The molecule has 0 heterocycles. The zero-order chi connectivity index (χ0) is 13.4. The lowest BCUT2D eigenvalue weighted by Gasteiger charge is -2.11. The summed E-state index contributed by atoms with van der Waals surface area (Å²) < 4.78 is 23.8. The third kappa shape index (κ3) is 4.38. The standard InChI is InChI=1S/C13H19NO2S2/c1-3-10-17-11-9-14-12-7-5-6-8-13(12)18(15,16)4-2/h3,5-8,14H,1,4,9-11H2,2H3. The number of rotatable bonds is 8. The molecule has 1 rings (SSSR count). The van der Waals surface area contributed by atoms with Crippen molar-refractivity contribution >= 4 is 27.3 Å². The average Bonchev–Trinajstić information content (AvgIpc) is 2.39. The number of para-hydroxylation sites is 1. The summed E-state index contributed by atoms with van der Waals surface area (Å²) in [4.78, 5) is 0.390. The summed E-state index contributed by atoms with van der Waals surface area (Å²) in [7, 11) is -3.16. The van der Waals surface area contributed by atoms with Crippen molar-refractivity contribution in [3.8, 4) is 0 Å². The van der Waals surface area contributed by atoms with Crippen molar-refractivity contribution in [2.24, 2.45) is 0 Å². The summed E-state index contributed by atoms with van der Waals surface area (Å²) >= 11 is 1.76. The number of hydrogen-bond acceptors (Lipinski definition) is 4. The maximum atomic E-state index is 11.9. The molecule has 1 N–H and O–H groups in total. The van der Waals surface area contributed by atoms with E-state index in [9.17, 15) is 8.42 Å². The highest BCUT2D eigenvalue weighted by molar-refractivity contribution is 7.99. The maximum absolute atomic E-state index is 11.9. The molecule has 0 unspecified atom stereocenters. The normalized spacial score (nSPS) is 11.2. The Morgan fingerprint density at radius 3 is 2.78 bits per heavy atom. The molecule has 100 valence electrons. The van der Waals surface area contributed by atoms with Gasteiger partial charge in [-0.25, -0.2) is 8.42 Å². The summed E-state index contributed by atoms with van der Waals surface area (Å²) in [6, 6.07) is 7.05. The van der Waals surface area contributed by atoms with Crippen LogP contribution < -0.4 is 5.32 Å². The fraction of sp³-hybridized carbons (Fsp3) is 0.385. The van der Waals surface area contributed by atoms with Gasteiger partial charge in [0.2, 0.25) is 0 Å². The van der Waals surface area contributed by atoms with Crippen LogP contribution in [0.2, 0.25) is 0 Å². The molecule has 0 spiro atoms.